The third-order valence-electron chi connectivity index (χ3n) is 1.92. The topological polar surface area (TPSA) is 73.2 Å². The van der Waals surface area contributed by atoms with Gasteiger partial charge in [-0.25, -0.2) is 10.1 Å². The highest BCUT2D eigenvalue weighted by Crippen LogP contribution is 2.29. The van der Waals surface area contributed by atoms with Crippen LogP contribution in [0.1, 0.15) is 10.7 Å². The summed E-state index contributed by atoms with van der Waals surface area (Å²) in [6.45, 7) is 0.844. The average molecular weight is 273 g/mol. The molecule has 0 bridgehead atoms. The SMILES string of the molecule is COCc1nc(COC)c(-c2n[nH]c(=S)o2)s1. The van der Waals surface area contributed by atoms with Crippen molar-refractivity contribution in [3.8, 4) is 10.8 Å². The highest BCUT2D eigenvalue weighted by molar-refractivity contribution is 7.71. The first kappa shape index (κ1) is 12.4. The normalized spacial score (nSPS) is 10.9. The molecule has 0 aliphatic heterocycles. The fourth-order valence-electron chi connectivity index (χ4n) is 1.31. The molecule has 2 aromatic heterocycles. The van der Waals surface area contributed by atoms with Gasteiger partial charge in [0.1, 0.15) is 9.88 Å². The monoisotopic (exact) mass is 273 g/mol. The molecule has 8 heteroatoms. The van der Waals surface area contributed by atoms with Gasteiger partial charge in [0, 0.05) is 14.2 Å². The lowest BCUT2D eigenvalue weighted by Gasteiger charge is -1.95. The first-order valence-corrected chi connectivity index (χ1v) is 5.99. The van der Waals surface area contributed by atoms with Gasteiger partial charge in [-0.2, -0.15) is 0 Å². The second kappa shape index (κ2) is 5.50. The summed E-state index contributed by atoms with van der Waals surface area (Å²) in [6, 6.07) is 0. The summed E-state index contributed by atoms with van der Waals surface area (Å²) in [4.78, 5) is 5.45. The molecular weight excluding hydrogens is 262 g/mol. The van der Waals surface area contributed by atoms with Crippen molar-refractivity contribution in [2.45, 2.75) is 13.2 Å². The van der Waals surface area contributed by atoms with Gasteiger partial charge in [-0.1, -0.05) is 0 Å². The minimum atomic E-state index is 0.241. The van der Waals surface area contributed by atoms with Crippen molar-refractivity contribution >= 4 is 23.6 Å². The fourth-order valence-corrected chi connectivity index (χ4v) is 2.40. The van der Waals surface area contributed by atoms with Crippen LogP contribution in [0.2, 0.25) is 0 Å². The van der Waals surface area contributed by atoms with Crippen LogP contribution < -0.4 is 0 Å². The van der Waals surface area contributed by atoms with Gasteiger partial charge in [0.25, 0.3) is 10.7 Å². The number of aromatic nitrogens is 3. The maximum Gasteiger partial charge on any atom is 0.284 e. The second-order valence-electron chi connectivity index (χ2n) is 3.17. The Kier molecular flexibility index (Phi) is 4.00. The van der Waals surface area contributed by atoms with E-state index in [0.29, 0.717) is 19.1 Å². The number of methoxy groups -OCH3 is 2. The fraction of sp³-hybridized carbons (Fsp3) is 0.444. The number of thiazole rings is 1. The van der Waals surface area contributed by atoms with Crippen LogP contribution in [0.3, 0.4) is 0 Å². The molecule has 0 fully saturated rings. The number of rotatable bonds is 5. The average Bonchev–Trinajstić information content (AvgIpc) is 2.86. The summed E-state index contributed by atoms with van der Waals surface area (Å²) >= 11 is 6.29. The van der Waals surface area contributed by atoms with Crippen LogP contribution in [0.4, 0.5) is 0 Å². The molecule has 1 N–H and O–H groups in total. The van der Waals surface area contributed by atoms with Crippen LogP contribution in [-0.2, 0) is 22.7 Å². The van der Waals surface area contributed by atoms with Crippen molar-refractivity contribution < 1.29 is 13.9 Å². The first-order valence-electron chi connectivity index (χ1n) is 4.77. The van der Waals surface area contributed by atoms with Gasteiger partial charge in [-0.3, -0.25) is 0 Å². The molecule has 17 heavy (non-hydrogen) atoms. The molecule has 6 nitrogen and oxygen atoms in total. The molecule has 0 unspecified atom stereocenters. The van der Waals surface area contributed by atoms with E-state index < -0.39 is 0 Å². The minimum absolute atomic E-state index is 0.241. The molecule has 0 spiro atoms. The van der Waals surface area contributed by atoms with Crippen molar-refractivity contribution in [3.63, 3.8) is 0 Å². The summed E-state index contributed by atoms with van der Waals surface area (Å²) < 4.78 is 15.4. The number of hydrogen-bond acceptors (Lipinski definition) is 7. The molecule has 92 valence electrons. The van der Waals surface area contributed by atoms with Crippen LogP contribution in [0, 0.1) is 4.84 Å². The van der Waals surface area contributed by atoms with Crippen molar-refractivity contribution in [2.75, 3.05) is 14.2 Å². The van der Waals surface area contributed by atoms with Gasteiger partial charge < -0.3 is 13.9 Å². The number of nitrogens with one attached hydrogen (secondary N) is 1. The molecule has 2 aromatic rings. The lowest BCUT2D eigenvalue weighted by atomic mass is 10.4. The smallest absolute Gasteiger partial charge is 0.284 e. The molecule has 2 heterocycles. The second-order valence-corrected chi connectivity index (χ2v) is 4.62. The van der Waals surface area contributed by atoms with Crippen LogP contribution in [-0.4, -0.2) is 29.4 Å². The van der Waals surface area contributed by atoms with E-state index in [4.69, 9.17) is 26.1 Å². The Morgan fingerprint density at radius 1 is 1.35 bits per heavy atom. The van der Waals surface area contributed by atoms with E-state index in [1.807, 2.05) is 0 Å². The van der Waals surface area contributed by atoms with Crippen molar-refractivity contribution in [1.82, 2.24) is 15.2 Å². The van der Waals surface area contributed by atoms with E-state index in [2.05, 4.69) is 15.2 Å². The van der Waals surface area contributed by atoms with Gasteiger partial charge in [0.15, 0.2) is 0 Å². The predicted octanol–water partition coefficient (Wildman–Crippen LogP) is 2.15. The Hall–Kier alpha value is -1.09. The summed E-state index contributed by atoms with van der Waals surface area (Å²) in [7, 11) is 3.23. The molecule has 0 saturated heterocycles. The van der Waals surface area contributed by atoms with E-state index in [-0.39, 0.29) is 4.84 Å². The zero-order chi connectivity index (χ0) is 12.3. The summed E-state index contributed by atoms with van der Waals surface area (Å²) in [6.07, 6.45) is 0. The van der Waals surface area contributed by atoms with Gasteiger partial charge in [0.2, 0.25) is 0 Å². The van der Waals surface area contributed by atoms with Crippen LogP contribution in [0.15, 0.2) is 4.42 Å². The van der Waals surface area contributed by atoms with Crippen molar-refractivity contribution in [3.05, 3.63) is 15.5 Å². The Labute approximate surface area is 107 Å². The predicted molar refractivity (Wildman–Crippen MR) is 64.2 cm³/mol. The highest BCUT2D eigenvalue weighted by atomic mass is 32.1. The maximum atomic E-state index is 5.27. The van der Waals surface area contributed by atoms with Gasteiger partial charge in [-0.05, 0) is 12.2 Å². The molecule has 0 saturated carbocycles. The van der Waals surface area contributed by atoms with Gasteiger partial charge in [-0.15, -0.1) is 16.4 Å². The molecule has 0 radical (unpaired) electrons. The number of H-pyrrole nitrogens is 1. The van der Waals surface area contributed by atoms with Crippen LogP contribution in [0.5, 0.6) is 0 Å². The Balaban J connectivity index is 2.39. The molecule has 0 aliphatic carbocycles. The maximum absolute atomic E-state index is 5.27. The molecule has 2 rings (SSSR count). The standard InChI is InChI=1S/C9H11N3O3S2/c1-13-3-5-7(8-11-12-9(16)15-8)17-6(10-5)4-14-2/h3-4H2,1-2H3,(H,12,16). The largest absolute Gasteiger partial charge is 0.408 e. The number of ether oxygens (including phenoxy) is 2. The summed E-state index contributed by atoms with van der Waals surface area (Å²) in [5.41, 5.74) is 0.773. The Morgan fingerprint density at radius 2 is 2.12 bits per heavy atom. The number of aromatic amines is 1. The number of nitrogens with zero attached hydrogens (tertiary/aromatic N) is 2. The minimum Gasteiger partial charge on any atom is -0.408 e. The third kappa shape index (κ3) is 2.78. The van der Waals surface area contributed by atoms with Gasteiger partial charge in [0.05, 0.1) is 18.9 Å². The van der Waals surface area contributed by atoms with Crippen molar-refractivity contribution in [1.29, 1.82) is 0 Å². The Bertz CT molecular complexity index is 546. The Morgan fingerprint density at radius 3 is 2.71 bits per heavy atom. The first-order chi connectivity index (χ1) is 8.24. The van der Waals surface area contributed by atoms with Crippen LogP contribution in [0.25, 0.3) is 10.8 Å². The van der Waals surface area contributed by atoms with E-state index in [0.717, 1.165) is 15.6 Å². The number of hydrogen-bond donors (Lipinski definition) is 1. The summed E-state index contributed by atoms with van der Waals surface area (Å²) in [5, 5.41) is 7.41. The summed E-state index contributed by atoms with van der Waals surface area (Å²) in [5.74, 6) is 0.432. The molecule has 0 amide bonds. The van der Waals surface area contributed by atoms with Crippen molar-refractivity contribution in [2.24, 2.45) is 0 Å². The quantitative estimate of drug-likeness (QED) is 0.841. The van der Waals surface area contributed by atoms with E-state index >= 15 is 0 Å². The zero-order valence-corrected chi connectivity index (χ0v) is 11.0. The van der Waals surface area contributed by atoms with E-state index in [1.54, 1.807) is 14.2 Å². The zero-order valence-electron chi connectivity index (χ0n) is 9.35. The highest BCUT2D eigenvalue weighted by Gasteiger charge is 2.16. The molecule has 0 aromatic carbocycles. The third-order valence-corrected chi connectivity index (χ3v) is 3.16. The van der Waals surface area contributed by atoms with Crippen LogP contribution >= 0.6 is 23.6 Å². The lowest BCUT2D eigenvalue weighted by molar-refractivity contribution is 0.176. The van der Waals surface area contributed by atoms with E-state index in [1.165, 1.54) is 11.3 Å². The molecular formula is C9H11N3O3S2. The lowest BCUT2D eigenvalue weighted by Crippen LogP contribution is -1.92. The van der Waals surface area contributed by atoms with E-state index in [9.17, 15) is 0 Å². The molecule has 0 atom stereocenters. The van der Waals surface area contributed by atoms with Gasteiger partial charge >= 0.3 is 0 Å². The molecule has 0 aliphatic rings.